The summed E-state index contributed by atoms with van der Waals surface area (Å²) < 4.78 is 0. The van der Waals surface area contributed by atoms with Gasteiger partial charge in [-0.15, -0.1) is 0 Å². The summed E-state index contributed by atoms with van der Waals surface area (Å²) in [6.45, 7) is 0.639. The van der Waals surface area contributed by atoms with Crippen molar-refractivity contribution in [3.8, 4) is 0 Å². The highest BCUT2D eigenvalue weighted by Gasteiger charge is 1.92. The van der Waals surface area contributed by atoms with Crippen molar-refractivity contribution >= 4 is 60.3 Å². The van der Waals surface area contributed by atoms with Gasteiger partial charge in [-0.2, -0.15) is 0 Å². The number of rotatable bonds is 0. The van der Waals surface area contributed by atoms with E-state index >= 15 is 0 Å². The van der Waals surface area contributed by atoms with E-state index in [2.05, 4.69) is 37.5 Å². The molecule has 0 saturated heterocycles. The van der Waals surface area contributed by atoms with Gasteiger partial charge >= 0.3 is 13.4 Å². The predicted octanol–water partition coefficient (Wildman–Crippen LogP) is 3.81. The van der Waals surface area contributed by atoms with Crippen molar-refractivity contribution in [2.24, 2.45) is 0 Å². The Labute approximate surface area is 157 Å². The molecule has 0 atom stereocenters. The van der Waals surface area contributed by atoms with Crippen molar-refractivity contribution in [2.75, 3.05) is 0 Å². The van der Waals surface area contributed by atoms with Crippen molar-refractivity contribution in [3.05, 3.63) is 34.3 Å². The van der Waals surface area contributed by atoms with Gasteiger partial charge in [0.15, 0.2) is 0 Å². The number of hydrogen-bond acceptors (Lipinski definition) is 2. The Morgan fingerprint density at radius 2 is 1.00 bits per heavy atom. The smallest absolute Gasteiger partial charge is 0.319 e. The first-order chi connectivity index (χ1) is 10.2. The third-order valence-electron chi connectivity index (χ3n) is 0.787. The molecule has 0 aliphatic heterocycles. The minimum Gasteiger partial charge on any atom is -0.325 e. The lowest BCUT2D eigenvalue weighted by atomic mass is 10.4. The van der Waals surface area contributed by atoms with Crippen molar-refractivity contribution < 1.29 is 29.4 Å². The van der Waals surface area contributed by atoms with E-state index in [9.17, 15) is 0 Å². The minimum atomic E-state index is -3.81. The van der Waals surface area contributed by atoms with Crippen LogP contribution >= 0.6 is 36.6 Å². The quantitative estimate of drug-likeness (QED) is 0.331. The van der Waals surface area contributed by atoms with Gasteiger partial charge < -0.3 is 29.4 Å². The molecule has 23 heavy (non-hydrogen) atoms. The topological polar surface area (TPSA) is 121 Å². The van der Waals surface area contributed by atoms with Gasteiger partial charge in [-0.25, -0.2) is 0 Å². The molecule has 0 radical (unpaired) electrons. The SMILES string of the molecule is CC.CCC.Clc1cccc(Cl)c1.OP(O)(O)=S.OP(O)(O)=S. The molecule has 0 heterocycles. The van der Waals surface area contributed by atoms with Crippen LogP contribution in [0.15, 0.2) is 24.3 Å². The Kier molecular flexibility index (Phi) is 26.4. The summed E-state index contributed by atoms with van der Waals surface area (Å²) >= 11 is 18.3. The molecular weight excluding hydrogens is 425 g/mol. The highest BCUT2D eigenvalue weighted by molar-refractivity contribution is 8.06. The Balaban J connectivity index is -0.000000107. The summed E-state index contributed by atoms with van der Waals surface area (Å²) in [5.74, 6) is 0. The average molecular weight is 449 g/mol. The van der Waals surface area contributed by atoms with E-state index in [0.717, 1.165) is 0 Å². The molecule has 1 aromatic rings. The maximum atomic E-state index is 7.56. The van der Waals surface area contributed by atoms with Crippen molar-refractivity contribution in [3.63, 3.8) is 0 Å². The van der Waals surface area contributed by atoms with Crippen molar-refractivity contribution in [2.45, 2.75) is 34.1 Å². The lowest BCUT2D eigenvalue weighted by Gasteiger charge is -1.88. The molecule has 12 heteroatoms. The second-order valence-corrected chi connectivity index (χ2v) is 9.04. The van der Waals surface area contributed by atoms with E-state index in [-0.39, 0.29) is 0 Å². The van der Waals surface area contributed by atoms with E-state index in [1.165, 1.54) is 6.42 Å². The summed E-state index contributed by atoms with van der Waals surface area (Å²) in [6, 6.07) is 7.08. The number of hydrogen-bond donors (Lipinski definition) is 6. The van der Waals surface area contributed by atoms with Gasteiger partial charge in [0.05, 0.1) is 0 Å². The first kappa shape index (κ1) is 31.6. The minimum absolute atomic E-state index is 0.678. The molecule has 0 aliphatic rings. The van der Waals surface area contributed by atoms with Crippen LogP contribution in [0.1, 0.15) is 34.1 Å². The molecule has 6 N–H and O–H groups in total. The Bertz CT molecular complexity index is 414. The van der Waals surface area contributed by atoms with Gasteiger partial charge in [-0.3, -0.25) is 0 Å². The maximum absolute atomic E-state index is 7.56. The molecule has 0 aromatic heterocycles. The van der Waals surface area contributed by atoms with Crippen LogP contribution in [0.3, 0.4) is 0 Å². The van der Waals surface area contributed by atoms with Crippen LogP contribution in [0.5, 0.6) is 0 Å². The molecule has 0 aliphatic carbocycles. The molecular formula is C11H24Cl2O6P2S2. The summed E-state index contributed by atoms with van der Waals surface area (Å²) in [5.41, 5.74) is 0. The second-order valence-electron chi connectivity index (χ2n) is 3.17. The number of benzene rings is 1. The Morgan fingerprint density at radius 3 is 1.09 bits per heavy atom. The molecule has 0 unspecified atom stereocenters. The van der Waals surface area contributed by atoms with Gasteiger partial charge in [-0.05, 0) is 41.8 Å². The highest BCUT2D eigenvalue weighted by Crippen LogP contribution is 2.26. The van der Waals surface area contributed by atoms with Crippen LogP contribution in [-0.2, 0) is 23.6 Å². The van der Waals surface area contributed by atoms with Crippen LogP contribution in [-0.4, -0.2) is 29.4 Å². The summed E-state index contributed by atoms with van der Waals surface area (Å²) in [4.78, 5) is 45.3. The fraction of sp³-hybridized carbons (Fsp3) is 0.455. The molecule has 1 aromatic carbocycles. The summed E-state index contributed by atoms with van der Waals surface area (Å²) in [6.07, 6.45) is 1.25. The van der Waals surface area contributed by atoms with E-state index in [1.54, 1.807) is 18.2 Å². The van der Waals surface area contributed by atoms with Gasteiger partial charge in [0, 0.05) is 10.0 Å². The molecule has 0 fully saturated rings. The normalized spacial score (nSPS) is 9.39. The molecule has 6 nitrogen and oxygen atoms in total. The molecule has 140 valence electrons. The third-order valence-corrected chi connectivity index (χ3v) is 1.26. The predicted molar refractivity (Wildman–Crippen MR) is 106 cm³/mol. The summed E-state index contributed by atoms with van der Waals surface area (Å²) in [5, 5.41) is 1.36. The van der Waals surface area contributed by atoms with Crippen molar-refractivity contribution in [1.29, 1.82) is 0 Å². The lowest BCUT2D eigenvalue weighted by molar-refractivity contribution is 0.361. The zero-order chi connectivity index (χ0) is 19.7. The van der Waals surface area contributed by atoms with Crippen LogP contribution < -0.4 is 0 Å². The molecule has 0 saturated carbocycles. The van der Waals surface area contributed by atoms with E-state index < -0.39 is 13.4 Å². The first-order valence-electron chi connectivity index (χ1n) is 6.18. The molecule has 0 spiro atoms. The Morgan fingerprint density at radius 1 is 0.826 bits per heavy atom. The van der Waals surface area contributed by atoms with Gasteiger partial charge in [0.1, 0.15) is 0 Å². The fourth-order valence-corrected chi connectivity index (χ4v) is 0.896. The number of halogens is 2. The molecule has 0 bridgehead atoms. The Hall–Kier alpha value is 0.860. The largest absolute Gasteiger partial charge is 0.325 e. The standard InChI is InChI=1S/C6H4Cl2.C3H8.C2H6.2H3O3PS/c7-5-2-1-3-6(8)4-5;1-3-2;1-2;2*1-4(2,3)5/h1-4H;3H2,1-2H3;1-2H3;2*(H3,1,2,3,5). The molecule has 1 rings (SSSR count). The zero-order valence-corrected chi connectivity index (χ0v) is 18.1. The van der Waals surface area contributed by atoms with E-state index in [4.69, 9.17) is 52.6 Å². The van der Waals surface area contributed by atoms with Gasteiger partial charge in [0.25, 0.3) is 0 Å². The highest BCUT2D eigenvalue weighted by atomic mass is 35.5. The van der Waals surface area contributed by atoms with Crippen LogP contribution in [0.4, 0.5) is 0 Å². The zero-order valence-electron chi connectivity index (χ0n) is 13.2. The summed E-state index contributed by atoms with van der Waals surface area (Å²) in [7, 11) is 0. The average Bonchev–Trinajstić information content (AvgIpc) is 2.27. The lowest BCUT2D eigenvalue weighted by Crippen LogP contribution is -1.65. The third kappa shape index (κ3) is 84.3. The van der Waals surface area contributed by atoms with Crippen LogP contribution in [0.2, 0.25) is 10.0 Å². The monoisotopic (exact) mass is 448 g/mol. The first-order valence-corrected chi connectivity index (χ1v) is 12.3. The van der Waals surface area contributed by atoms with Crippen LogP contribution in [0.25, 0.3) is 0 Å². The van der Waals surface area contributed by atoms with Crippen molar-refractivity contribution in [1.82, 2.24) is 0 Å². The molecule has 0 amide bonds. The van der Waals surface area contributed by atoms with Gasteiger partial charge in [-0.1, -0.05) is 63.4 Å². The van der Waals surface area contributed by atoms with E-state index in [0.29, 0.717) is 10.0 Å². The van der Waals surface area contributed by atoms with E-state index in [1.807, 2.05) is 19.9 Å². The fourth-order valence-electron chi connectivity index (χ4n) is 0.460. The van der Waals surface area contributed by atoms with Crippen LogP contribution in [0, 0.1) is 0 Å². The maximum Gasteiger partial charge on any atom is 0.319 e. The second kappa shape index (κ2) is 19.2. The van der Waals surface area contributed by atoms with Gasteiger partial charge in [0.2, 0.25) is 0 Å².